The topological polar surface area (TPSA) is 29.4 Å². The summed E-state index contributed by atoms with van der Waals surface area (Å²) in [5.74, 6) is 0. The van der Waals surface area contributed by atoms with Gasteiger partial charge in [-0.3, -0.25) is 0 Å². The summed E-state index contributed by atoms with van der Waals surface area (Å²) in [5.41, 5.74) is -0.832. The largest absolute Gasteiger partial charge is 0.416 e. The summed E-state index contributed by atoms with van der Waals surface area (Å²) in [4.78, 5) is 13.8. The second-order valence-electron chi connectivity index (χ2n) is 2.59. The minimum absolute atomic E-state index is 0.00711. The highest BCUT2D eigenvalue weighted by atomic mass is 32.2. The molecule has 0 aliphatic rings. The van der Waals surface area contributed by atoms with Gasteiger partial charge in [0, 0.05) is 4.90 Å². The number of rotatable bonds is 2. The number of benzene rings is 1. The van der Waals surface area contributed by atoms with Crippen molar-refractivity contribution in [1.29, 1.82) is 0 Å². The van der Waals surface area contributed by atoms with Crippen LogP contribution < -0.4 is 0 Å². The standard InChI is InChI=1S/C9H6F3NOS/c1-15-8-3-2-6(9(10,11)12)4-7(8)13-5-14/h2-4H,1H3. The molecule has 0 aliphatic carbocycles. The summed E-state index contributed by atoms with van der Waals surface area (Å²) < 4.78 is 36.9. The fourth-order valence-corrected chi connectivity index (χ4v) is 1.52. The summed E-state index contributed by atoms with van der Waals surface area (Å²) >= 11 is 1.21. The SMILES string of the molecule is CSc1ccc(C(F)(F)F)cc1N=C=O. The molecule has 1 aromatic carbocycles. The molecule has 0 saturated heterocycles. The zero-order valence-corrected chi connectivity index (χ0v) is 8.45. The van der Waals surface area contributed by atoms with Gasteiger partial charge in [0.15, 0.2) is 0 Å². The molecule has 2 nitrogen and oxygen atoms in total. The van der Waals surface area contributed by atoms with Gasteiger partial charge in [-0.15, -0.1) is 11.8 Å². The van der Waals surface area contributed by atoms with Crippen LogP contribution in [0.3, 0.4) is 0 Å². The molecule has 0 fully saturated rings. The van der Waals surface area contributed by atoms with Gasteiger partial charge in [-0.05, 0) is 24.5 Å². The van der Waals surface area contributed by atoms with E-state index in [1.54, 1.807) is 6.26 Å². The number of aliphatic imine (C=N–C) groups is 1. The third-order valence-corrected chi connectivity index (χ3v) is 2.46. The molecule has 1 aromatic rings. The van der Waals surface area contributed by atoms with Crippen LogP contribution in [-0.4, -0.2) is 12.3 Å². The maximum Gasteiger partial charge on any atom is 0.416 e. The number of hydrogen-bond donors (Lipinski definition) is 0. The summed E-state index contributed by atoms with van der Waals surface area (Å²) in [6.45, 7) is 0. The molecule has 0 N–H and O–H groups in total. The Morgan fingerprint density at radius 3 is 2.53 bits per heavy atom. The monoisotopic (exact) mass is 233 g/mol. The molecule has 0 atom stereocenters. The lowest BCUT2D eigenvalue weighted by Crippen LogP contribution is -2.04. The zero-order valence-electron chi connectivity index (χ0n) is 7.63. The Morgan fingerprint density at radius 2 is 2.07 bits per heavy atom. The Labute approximate surface area is 88.2 Å². The summed E-state index contributed by atoms with van der Waals surface area (Å²) in [5, 5.41) is 0. The normalized spacial score (nSPS) is 10.9. The van der Waals surface area contributed by atoms with Crippen molar-refractivity contribution in [3.63, 3.8) is 0 Å². The van der Waals surface area contributed by atoms with Gasteiger partial charge in [0.05, 0.1) is 11.3 Å². The molecular weight excluding hydrogens is 227 g/mol. The van der Waals surface area contributed by atoms with Crippen LogP contribution in [0.25, 0.3) is 0 Å². The molecule has 0 aromatic heterocycles. The summed E-state index contributed by atoms with van der Waals surface area (Å²) in [6.07, 6.45) is -1.51. The smallest absolute Gasteiger partial charge is 0.211 e. The molecule has 0 unspecified atom stereocenters. The fourth-order valence-electron chi connectivity index (χ4n) is 1.00. The van der Waals surface area contributed by atoms with Crippen molar-refractivity contribution < 1.29 is 18.0 Å². The van der Waals surface area contributed by atoms with Crippen molar-refractivity contribution in [3.8, 4) is 0 Å². The van der Waals surface area contributed by atoms with Crippen molar-refractivity contribution in [1.82, 2.24) is 0 Å². The molecule has 15 heavy (non-hydrogen) atoms. The molecule has 1 rings (SSSR count). The second kappa shape index (κ2) is 4.51. The molecule has 0 bridgehead atoms. The Kier molecular flexibility index (Phi) is 3.55. The minimum atomic E-state index is -4.43. The third kappa shape index (κ3) is 2.84. The van der Waals surface area contributed by atoms with Crippen molar-refractivity contribution in [2.45, 2.75) is 11.1 Å². The first-order valence-corrected chi connectivity index (χ1v) is 5.04. The minimum Gasteiger partial charge on any atom is -0.211 e. The molecule has 0 saturated carbocycles. The van der Waals surface area contributed by atoms with Crippen LogP contribution in [0.2, 0.25) is 0 Å². The van der Waals surface area contributed by atoms with Crippen LogP contribution in [0.4, 0.5) is 18.9 Å². The van der Waals surface area contributed by atoms with Gasteiger partial charge in [-0.2, -0.15) is 18.2 Å². The van der Waals surface area contributed by atoms with E-state index in [1.165, 1.54) is 23.9 Å². The van der Waals surface area contributed by atoms with Gasteiger partial charge in [0.1, 0.15) is 0 Å². The highest BCUT2D eigenvalue weighted by Crippen LogP contribution is 2.35. The van der Waals surface area contributed by atoms with Gasteiger partial charge in [-0.25, -0.2) is 4.79 Å². The van der Waals surface area contributed by atoms with Crippen molar-refractivity contribution in [2.24, 2.45) is 4.99 Å². The van der Waals surface area contributed by atoms with E-state index in [1.807, 2.05) is 0 Å². The number of halogens is 3. The quantitative estimate of drug-likeness (QED) is 0.445. The van der Waals surface area contributed by atoms with Crippen LogP contribution in [0, 0.1) is 0 Å². The predicted molar refractivity (Wildman–Crippen MR) is 51.0 cm³/mol. The fraction of sp³-hybridized carbons (Fsp3) is 0.222. The van der Waals surface area contributed by atoms with Crippen molar-refractivity contribution in [3.05, 3.63) is 23.8 Å². The van der Waals surface area contributed by atoms with Gasteiger partial charge < -0.3 is 0 Å². The van der Waals surface area contributed by atoms with Crippen molar-refractivity contribution in [2.75, 3.05) is 6.26 Å². The van der Waals surface area contributed by atoms with Gasteiger partial charge in [-0.1, -0.05) is 0 Å². The molecule has 0 amide bonds. The van der Waals surface area contributed by atoms with Crippen LogP contribution in [0.5, 0.6) is 0 Å². The number of nitrogens with zero attached hydrogens (tertiary/aromatic N) is 1. The number of carbonyl (C=O) groups excluding carboxylic acids is 1. The van der Waals surface area contributed by atoms with Crippen molar-refractivity contribution >= 4 is 23.5 Å². The van der Waals surface area contributed by atoms with E-state index in [0.29, 0.717) is 4.90 Å². The lowest BCUT2D eigenvalue weighted by Gasteiger charge is -2.08. The molecular formula is C9H6F3NOS. The van der Waals surface area contributed by atoms with E-state index in [9.17, 15) is 18.0 Å². The van der Waals surface area contributed by atoms with E-state index in [0.717, 1.165) is 12.1 Å². The first-order chi connectivity index (χ1) is 6.99. The molecule has 0 spiro atoms. The first-order valence-electron chi connectivity index (χ1n) is 3.82. The van der Waals surface area contributed by atoms with Gasteiger partial charge in [0.25, 0.3) is 0 Å². The van der Waals surface area contributed by atoms with E-state index in [2.05, 4.69) is 4.99 Å². The highest BCUT2D eigenvalue weighted by molar-refractivity contribution is 7.98. The summed E-state index contributed by atoms with van der Waals surface area (Å²) in [6, 6.07) is 3.07. The predicted octanol–water partition coefficient (Wildman–Crippen LogP) is 3.39. The van der Waals surface area contributed by atoms with Gasteiger partial charge in [0.2, 0.25) is 6.08 Å². The Morgan fingerprint density at radius 1 is 1.40 bits per heavy atom. The van der Waals surface area contributed by atoms with E-state index < -0.39 is 11.7 Å². The number of isocyanates is 1. The molecule has 80 valence electrons. The Hall–Kier alpha value is -1.26. The Bertz CT molecular complexity index is 410. The van der Waals surface area contributed by atoms with Crippen LogP contribution >= 0.6 is 11.8 Å². The zero-order chi connectivity index (χ0) is 11.5. The van der Waals surface area contributed by atoms with Gasteiger partial charge >= 0.3 is 6.18 Å². The van der Waals surface area contributed by atoms with E-state index in [4.69, 9.17) is 0 Å². The Balaban J connectivity index is 3.28. The maximum atomic E-state index is 12.3. The lowest BCUT2D eigenvalue weighted by atomic mass is 10.2. The van der Waals surface area contributed by atoms with E-state index in [-0.39, 0.29) is 5.69 Å². The molecule has 0 heterocycles. The second-order valence-corrected chi connectivity index (χ2v) is 3.44. The number of hydrogen-bond acceptors (Lipinski definition) is 3. The molecule has 0 aliphatic heterocycles. The number of alkyl halides is 3. The van der Waals surface area contributed by atoms with Crippen LogP contribution in [0.15, 0.2) is 28.1 Å². The number of thioether (sulfide) groups is 1. The summed E-state index contributed by atoms with van der Waals surface area (Å²) in [7, 11) is 0. The lowest BCUT2D eigenvalue weighted by molar-refractivity contribution is -0.137. The van der Waals surface area contributed by atoms with Crippen LogP contribution in [-0.2, 0) is 11.0 Å². The third-order valence-electron chi connectivity index (χ3n) is 1.67. The average Bonchev–Trinajstić information content (AvgIpc) is 2.17. The molecule has 0 radical (unpaired) electrons. The first kappa shape index (κ1) is 11.8. The average molecular weight is 233 g/mol. The molecule has 6 heteroatoms. The maximum absolute atomic E-state index is 12.3. The highest BCUT2D eigenvalue weighted by Gasteiger charge is 2.30. The van der Waals surface area contributed by atoms with E-state index >= 15 is 0 Å². The van der Waals surface area contributed by atoms with Crippen LogP contribution in [0.1, 0.15) is 5.56 Å².